The number of aromatic nitrogens is 4. The van der Waals surface area contributed by atoms with Crippen molar-refractivity contribution in [2.75, 3.05) is 18.0 Å². The number of hydrogen-bond acceptors (Lipinski definition) is 6. The molecule has 32 heavy (non-hydrogen) atoms. The largest absolute Gasteiger partial charge is 0.347 e. The van der Waals surface area contributed by atoms with Crippen molar-refractivity contribution in [3.8, 4) is 11.8 Å². The van der Waals surface area contributed by atoms with Gasteiger partial charge in [0.2, 0.25) is 0 Å². The van der Waals surface area contributed by atoms with Gasteiger partial charge in [-0.1, -0.05) is 12.1 Å². The van der Waals surface area contributed by atoms with E-state index in [0.717, 1.165) is 42.6 Å². The molecule has 8 nitrogen and oxygen atoms in total. The Morgan fingerprint density at radius 3 is 2.38 bits per heavy atom. The number of anilines is 1. The zero-order valence-corrected chi connectivity index (χ0v) is 17.6. The van der Waals surface area contributed by atoms with Crippen LogP contribution in [-0.2, 0) is 0 Å². The van der Waals surface area contributed by atoms with Crippen LogP contribution in [-0.4, -0.2) is 56.0 Å². The lowest BCUT2D eigenvalue weighted by Gasteiger charge is -2.42. The first-order valence-electron chi connectivity index (χ1n) is 11.2. The summed E-state index contributed by atoms with van der Waals surface area (Å²) in [5, 5.41) is 18.1. The molecule has 6 rings (SSSR count). The van der Waals surface area contributed by atoms with E-state index in [4.69, 9.17) is 4.98 Å². The highest BCUT2D eigenvalue weighted by molar-refractivity contribution is 5.98. The van der Waals surface area contributed by atoms with Gasteiger partial charge < -0.3 is 9.80 Å². The quantitative estimate of drug-likeness (QED) is 0.638. The highest BCUT2D eigenvalue weighted by atomic mass is 16.2. The molecular weight excluding hydrogens is 402 g/mol. The number of hydrogen-bond donors (Lipinski definition) is 0. The fraction of sp³-hybridized carbons (Fsp3) is 0.375. The zero-order valence-electron chi connectivity index (χ0n) is 17.6. The van der Waals surface area contributed by atoms with Gasteiger partial charge in [0.15, 0.2) is 0 Å². The van der Waals surface area contributed by atoms with Crippen molar-refractivity contribution in [1.29, 1.82) is 5.26 Å². The van der Waals surface area contributed by atoms with Gasteiger partial charge in [-0.05, 0) is 49.8 Å². The van der Waals surface area contributed by atoms with E-state index in [1.165, 1.54) is 4.80 Å². The van der Waals surface area contributed by atoms with E-state index in [-0.39, 0.29) is 18.0 Å². The molecule has 3 fully saturated rings. The Bertz CT molecular complexity index is 1200. The van der Waals surface area contributed by atoms with Crippen molar-refractivity contribution in [3.63, 3.8) is 0 Å². The fourth-order valence-electron chi connectivity index (χ4n) is 5.29. The van der Waals surface area contributed by atoms with Crippen LogP contribution in [0.1, 0.15) is 53.1 Å². The number of nitriles is 1. The number of nitrogens with zero attached hydrogens (tertiary/aromatic N) is 7. The number of pyridine rings is 1. The molecule has 4 heterocycles. The molecule has 2 bridgehead atoms. The maximum absolute atomic E-state index is 13.5. The van der Waals surface area contributed by atoms with Crippen molar-refractivity contribution in [3.05, 3.63) is 65.6 Å². The molecule has 0 radical (unpaired) electrons. The number of fused-ring (bicyclic) bond motifs is 2. The van der Waals surface area contributed by atoms with Crippen LogP contribution in [0.4, 0.5) is 5.82 Å². The predicted octanol–water partition coefficient (Wildman–Crippen LogP) is 2.90. The second kappa shape index (κ2) is 7.45. The lowest BCUT2D eigenvalue weighted by Crippen LogP contribution is -2.56. The second-order valence-corrected chi connectivity index (χ2v) is 8.82. The molecule has 3 aliphatic rings. The van der Waals surface area contributed by atoms with Crippen LogP contribution in [0.25, 0.3) is 5.69 Å². The minimum atomic E-state index is 0.00982. The van der Waals surface area contributed by atoms with Crippen LogP contribution in [0.2, 0.25) is 0 Å². The number of benzene rings is 1. The fourth-order valence-corrected chi connectivity index (χ4v) is 5.29. The van der Waals surface area contributed by atoms with Crippen LogP contribution in [0.15, 0.2) is 48.9 Å². The van der Waals surface area contributed by atoms with Crippen LogP contribution < -0.4 is 4.90 Å². The van der Waals surface area contributed by atoms with Gasteiger partial charge >= 0.3 is 0 Å². The topological polar surface area (TPSA) is 90.9 Å². The van der Waals surface area contributed by atoms with Gasteiger partial charge in [0.25, 0.3) is 5.91 Å². The average molecular weight is 425 g/mol. The monoisotopic (exact) mass is 425 g/mol. The third kappa shape index (κ3) is 3.04. The van der Waals surface area contributed by atoms with E-state index in [0.29, 0.717) is 30.3 Å². The molecule has 160 valence electrons. The smallest absolute Gasteiger partial charge is 0.256 e. The minimum Gasteiger partial charge on any atom is -0.347 e. The van der Waals surface area contributed by atoms with Crippen molar-refractivity contribution in [2.45, 2.75) is 43.7 Å². The molecule has 2 aromatic heterocycles. The van der Waals surface area contributed by atoms with E-state index >= 15 is 0 Å². The molecule has 0 spiro atoms. The Morgan fingerprint density at radius 1 is 0.969 bits per heavy atom. The maximum atomic E-state index is 13.5. The lowest BCUT2D eigenvalue weighted by atomic mass is 10.0. The second-order valence-electron chi connectivity index (χ2n) is 8.82. The van der Waals surface area contributed by atoms with Gasteiger partial charge in [-0.25, -0.2) is 4.98 Å². The summed E-state index contributed by atoms with van der Waals surface area (Å²) in [7, 11) is 0. The van der Waals surface area contributed by atoms with Gasteiger partial charge in [-0.3, -0.25) is 4.79 Å². The van der Waals surface area contributed by atoms with Crippen LogP contribution >= 0.6 is 0 Å². The Kier molecular flexibility index (Phi) is 4.42. The van der Waals surface area contributed by atoms with Crippen LogP contribution in [0.3, 0.4) is 0 Å². The highest BCUT2D eigenvalue weighted by Crippen LogP contribution is 2.47. The first kappa shape index (κ1) is 19.0. The Labute approximate surface area is 186 Å². The van der Waals surface area contributed by atoms with E-state index in [2.05, 4.69) is 21.2 Å². The van der Waals surface area contributed by atoms with Crippen molar-refractivity contribution in [1.82, 2.24) is 24.9 Å². The number of carbonyl (C=O) groups excluding carboxylic acids is 1. The van der Waals surface area contributed by atoms with Crippen molar-refractivity contribution in [2.24, 2.45) is 0 Å². The molecule has 2 atom stereocenters. The summed E-state index contributed by atoms with van der Waals surface area (Å²) in [6.07, 6.45) is 9.28. The Morgan fingerprint density at radius 2 is 1.69 bits per heavy atom. The Balaban J connectivity index is 1.30. The molecule has 1 aromatic carbocycles. The van der Waals surface area contributed by atoms with Crippen molar-refractivity contribution < 1.29 is 4.79 Å². The number of likely N-dealkylation sites (tertiary alicyclic amines) is 1. The normalized spacial score (nSPS) is 22.1. The molecule has 1 aliphatic carbocycles. The van der Waals surface area contributed by atoms with Gasteiger partial charge in [0.1, 0.15) is 5.82 Å². The lowest BCUT2D eigenvalue weighted by molar-refractivity contribution is 0.0717. The van der Waals surface area contributed by atoms with Crippen LogP contribution in [0, 0.1) is 11.3 Å². The molecular formula is C24H23N7O. The van der Waals surface area contributed by atoms with Gasteiger partial charge in [-0.2, -0.15) is 20.3 Å². The summed E-state index contributed by atoms with van der Waals surface area (Å²) in [6.45, 7) is 1.30. The number of piperazine rings is 1. The van der Waals surface area contributed by atoms with Crippen molar-refractivity contribution >= 4 is 11.7 Å². The number of rotatable bonds is 4. The molecule has 2 saturated heterocycles. The van der Waals surface area contributed by atoms with E-state index in [1.807, 2.05) is 35.2 Å². The molecule has 1 amide bonds. The Hall–Kier alpha value is -3.73. The first-order valence-corrected chi connectivity index (χ1v) is 11.2. The predicted molar refractivity (Wildman–Crippen MR) is 117 cm³/mol. The highest BCUT2D eigenvalue weighted by Gasteiger charge is 2.44. The number of para-hydroxylation sites is 1. The standard InChI is InChI=1S/C24H23N7O/c25-13-17-9-10-26-23(22(17)16-5-6-16)30-18-7-8-19(30)15-29(14-18)24(32)20-3-1-2-4-21(20)31-27-11-12-28-31/h1-4,9-12,16,18-19H,5-8,14-15H2. The minimum absolute atomic E-state index is 0.00982. The molecule has 8 heteroatoms. The van der Waals surface area contributed by atoms with E-state index < -0.39 is 0 Å². The average Bonchev–Trinajstić information content (AvgIpc) is 3.46. The van der Waals surface area contributed by atoms with E-state index in [9.17, 15) is 10.1 Å². The maximum Gasteiger partial charge on any atom is 0.256 e. The molecule has 2 aliphatic heterocycles. The van der Waals surface area contributed by atoms with Gasteiger partial charge in [-0.15, -0.1) is 0 Å². The first-order chi connectivity index (χ1) is 15.7. The summed E-state index contributed by atoms with van der Waals surface area (Å²) >= 11 is 0. The van der Waals surface area contributed by atoms with E-state index in [1.54, 1.807) is 18.6 Å². The third-order valence-corrected chi connectivity index (χ3v) is 6.86. The van der Waals surface area contributed by atoms with Gasteiger partial charge in [0.05, 0.1) is 35.3 Å². The SMILES string of the molecule is N#Cc1ccnc(N2C3CCC2CN(C(=O)c2ccccc2-n2nccn2)C3)c1C1CC1. The summed E-state index contributed by atoms with van der Waals surface area (Å²) in [4.78, 5) is 24.1. The summed E-state index contributed by atoms with van der Waals surface area (Å²) < 4.78 is 0. The summed E-state index contributed by atoms with van der Waals surface area (Å²) in [5.74, 6) is 1.42. The molecule has 0 N–H and O–H groups in total. The molecule has 2 unspecified atom stereocenters. The zero-order chi connectivity index (χ0) is 21.7. The van der Waals surface area contributed by atoms with Crippen LogP contribution in [0.5, 0.6) is 0 Å². The molecule has 3 aromatic rings. The number of carbonyl (C=O) groups is 1. The summed E-state index contributed by atoms with van der Waals surface area (Å²) in [6, 6.07) is 12.1. The molecule has 1 saturated carbocycles. The van der Waals surface area contributed by atoms with Gasteiger partial charge in [0, 0.05) is 36.9 Å². The summed E-state index contributed by atoms with van der Waals surface area (Å²) in [5.41, 5.74) is 3.16. The number of amides is 1. The third-order valence-electron chi connectivity index (χ3n) is 6.86.